The van der Waals surface area contributed by atoms with Gasteiger partial charge in [-0.2, -0.15) is 13.2 Å². The molecule has 0 aromatic carbocycles. The lowest BCUT2D eigenvalue weighted by Gasteiger charge is -2.31. The van der Waals surface area contributed by atoms with E-state index in [4.69, 9.17) is 10.5 Å². The molecule has 138 valence electrons. The summed E-state index contributed by atoms with van der Waals surface area (Å²) in [5.41, 5.74) is 6.60. The van der Waals surface area contributed by atoms with Gasteiger partial charge in [-0.05, 0) is 31.8 Å². The molecule has 4 unspecified atom stereocenters. The number of hydrogen-bond donors (Lipinski definition) is 2. The minimum atomic E-state index is -4.24. The molecule has 7 heteroatoms. The Labute approximate surface area is 141 Å². The van der Waals surface area contributed by atoms with Crippen molar-refractivity contribution in [3.63, 3.8) is 0 Å². The molecular weight excluding hydrogens is 321 g/mol. The average molecular weight is 348 g/mol. The van der Waals surface area contributed by atoms with Crippen molar-refractivity contribution in [1.29, 1.82) is 0 Å². The summed E-state index contributed by atoms with van der Waals surface area (Å²) >= 11 is 0. The van der Waals surface area contributed by atoms with Crippen LogP contribution in [0.5, 0.6) is 0 Å². The van der Waals surface area contributed by atoms with Gasteiger partial charge in [0, 0.05) is 30.7 Å². The van der Waals surface area contributed by atoms with E-state index in [1.54, 1.807) is 12.0 Å². The van der Waals surface area contributed by atoms with Gasteiger partial charge in [0.1, 0.15) is 12.5 Å². The molecule has 0 amide bonds. The zero-order valence-electron chi connectivity index (χ0n) is 14.2. The maximum atomic E-state index is 12.4. The fourth-order valence-corrected chi connectivity index (χ4v) is 3.89. The third-order valence-corrected chi connectivity index (χ3v) is 4.89. The SMILES string of the molecule is CC/C=C(\C=C/CC(F)(F)F)N1C(OC)C2CCC(N)CC2[C@H]1O. The van der Waals surface area contributed by atoms with Crippen molar-refractivity contribution in [2.75, 3.05) is 7.11 Å². The van der Waals surface area contributed by atoms with E-state index in [0.29, 0.717) is 18.5 Å². The average Bonchev–Trinajstić information content (AvgIpc) is 2.77. The van der Waals surface area contributed by atoms with Crippen LogP contribution >= 0.6 is 0 Å². The van der Waals surface area contributed by atoms with Gasteiger partial charge < -0.3 is 20.5 Å². The standard InChI is InChI=1S/C17H27F3N2O2/c1-3-5-12(6-4-9-17(18,19)20)22-15(23)14-10-11(21)7-8-13(14)16(22)24-2/h4-6,11,13-16,23H,3,7-10,21H2,1-2H3/b6-4-,12-5+/t11?,13?,14?,15-,16?/m1/s1. The Bertz CT molecular complexity index is 479. The lowest BCUT2D eigenvalue weighted by Crippen LogP contribution is -2.38. The third-order valence-electron chi connectivity index (χ3n) is 4.89. The van der Waals surface area contributed by atoms with Crippen LogP contribution in [0.25, 0.3) is 0 Å². The summed E-state index contributed by atoms with van der Waals surface area (Å²) in [6.45, 7) is 1.91. The Kier molecular flexibility index (Phi) is 6.33. The molecule has 2 rings (SSSR count). The zero-order valence-corrected chi connectivity index (χ0v) is 14.2. The Morgan fingerprint density at radius 3 is 2.62 bits per heavy atom. The smallest absolute Gasteiger partial charge is 0.373 e. The lowest BCUT2D eigenvalue weighted by molar-refractivity contribution is -0.125. The maximum Gasteiger partial charge on any atom is 0.392 e. The van der Waals surface area contributed by atoms with Crippen molar-refractivity contribution in [3.05, 3.63) is 23.9 Å². The van der Waals surface area contributed by atoms with Crippen LogP contribution in [-0.4, -0.2) is 41.8 Å². The summed E-state index contributed by atoms with van der Waals surface area (Å²) in [5.74, 6) is 0.121. The van der Waals surface area contributed by atoms with Gasteiger partial charge in [-0.15, -0.1) is 0 Å². The highest BCUT2D eigenvalue weighted by atomic mass is 19.4. The fourth-order valence-electron chi connectivity index (χ4n) is 3.89. The van der Waals surface area contributed by atoms with Crippen molar-refractivity contribution in [2.24, 2.45) is 17.6 Å². The summed E-state index contributed by atoms with van der Waals surface area (Å²) in [5, 5.41) is 10.8. The Hall–Kier alpha value is -1.05. The molecule has 0 radical (unpaired) electrons. The van der Waals surface area contributed by atoms with Crippen LogP contribution in [0, 0.1) is 11.8 Å². The summed E-state index contributed by atoms with van der Waals surface area (Å²) in [7, 11) is 1.57. The highest BCUT2D eigenvalue weighted by molar-refractivity contribution is 5.21. The molecule has 24 heavy (non-hydrogen) atoms. The van der Waals surface area contributed by atoms with Gasteiger partial charge in [-0.25, -0.2) is 0 Å². The molecule has 1 aliphatic heterocycles. The second-order valence-corrected chi connectivity index (χ2v) is 6.61. The van der Waals surface area contributed by atoms with E-state index < -0.39 is 18.8 Å². The number of methoxy groups -OCH3 is 1. The van der Waals surface area contributed by atoms with Crippen LogP contribution in [0.2, 0.25) is 0 Å². The predicted molar refractivity (Wildman–Crippen MR) is 85.6 cm³/mol. The van der Waals surface area contributed by atoms with E-state index in [2.05, 4.69) is 0 Å². The lowest BCUT2D eigenvalue weighted by atomic mass is 9.78. The number of hydrogen-bond acceptors (Lipinski definition) is 4. The molecule has 5 atom stereocenters. The Balaban J connectivity index is 2.23. The minimum Gasteiger partial charge on any atom is -0.373 e. The molecule has 0 aromatic rings. The summed E-state index contributed by atoms with van der Waals surface area (Å²) in [6.07, 6.45) is 1.06. The molecule has 1 saturated carbocycles. The van der Waals surface area contributed by atoms with Crippen molar-refractivity contribution >= 4 is 0 Å². The summed E-state index contributed by atoms with van der Waals surface area (Å²) in [6, 6.07) is 0.0535. The molecule has 3 N–H and O–H groups in total. The maximum absolute atomic E-state index is 12.4. The van der Waals surface area contributed by atoms with Crippen molar-refractivity contribution < 1.29 is 23.0 Å². The number of aliphatic hydroxyl groups excluding tert-OH is 1. The predicted octanol–water partition coefficient (Wildman–Crippen LogP) is 3.14. The number of allylic oxidation sites excluding steroid dienone is 3. The van der Waals surface area contributed by atoms with Gasteiger partial charge in [0.25, 0.3) is 0 Å². The van der Waals surface area contributed by atoms with E-state index in [1.807, 2.05) is 13.0 Å². The topological polar surface area (TPSA) is 58.7 Å². The van der Waals surface area contributed by atoms with Gasteiger partial charge in [-0.1, -0.05) is 19.1 Å². The first kappa shape index (κ1) is 19.3. The van der Waals surface area contributed by atoms with Crippen LogP contribution in [0.4, 0.5) is 13.2 Å². The molecular formula is C17H27F3N2O2. The largest absolute Gasteiger partial charge is 0.392 e. The van der Waals surface area contributed by atoms with Crippen LogP contribution in [0.15, 0.2) is 23.9 Å². The van der Waals surface area contributed by atoms with Gasteiger partial charge in [-0.3, -0.25) is 0 Å². The van der Waals surface area contributed by atoms with E-state index in [0.717, 1.165) is 18.9 Å². The van der Waals surface area contributed by atoms with Gasteiger partial charge in [0.2, 0.25) is 0 Å². The van der Waals surface area contributed by atoms with Crippen molar-refractivity contribution in [2.45, 2.75) is 63.7 Å². The number of halogens is 3. The van der Waals surface area contributed by atoms with Crippen LogP contribution < -0.4 is 5.73 Å². The molecule has 4 nitrogen and oxygen atoms in total. The first-order chi connectivity index (χ1) is 11.3. The fraction of sp³-hybridized carbons (Fsp3) is 0.765. The molecule has 0 spiro atoms. The number of nitrogens with zero attached hydrogens (tertiary/aromatic N) is 1. The first-order valence-corrected chi connectivity index (χ1v) is 8.46. The Morgan fingerprint density at radius 1 is 1.33 bits per heavy atom. The first-order valence-electron chi connectivity index (χ1n) is 8.46. The van der Waals surface area contributed by atoms with Crippen LogP contribution in [-0.2, 0) is 4.74 Å². The molecule has 1 aliphatic carbocycles. The third kappa shape index (κ3) is 4.32. The monoisotopic (exact) mass is 348 g/mol. The molecule has 2 aliphatic rings. The van der Waals surface area contributed by atoms with Gasteiger partial charge in [0.05, 0.1) is 6.42 Å². The number of alkyl halides is 3. The van der Waals surface area contributed by atoms with E-state index in [-0.39, 0.29) is 24.1 Å². The van der Waals surface area contributed by atoms with E-state index in [1.165, 1.54) is 6.08 Å². The quantitative estimate of drug-likeness (QED) is 0.750. The number of likely N-dealkylation sites (tertiary alicyclic amines) is 1. The molecule has 1 heterocycles. The molecule has 0 bridgehead atoms. The minimum absolute atomic E-state index is 0.0185. The van der Waals surface area contributed by atoms with E-state index >= 15 is 0 Å². The highest BCUT2D eigenvalue weighted by Gasteiger charge is 2.50. The summed E-state index contributed by atoms with van der Waals surface area (Å²) < 4.78 is 42.8. The van der Waals surface area contributed by atoms with Gasteiger partial charge >= 0.3 is 6.18 Å². The molecule has 1 saturated heterocycles. The molecule has 2 fully saturated rings. The number of ether oxygens (including phenoxy) is 1. The normalized spacial score (nSPS) is 34.9. The number of aliphatic hydroxyl groups is 1. The number of nitrogens with two attached hydrogens (primary N) is 1. The second kappa shape index (κ2) is 7.89. The van der Waals surface area contributed by atoms with Crippen molar-refractivity contribution in [3.8, 4) is 0 Å². The highest BCUT2D eigenvalue weighted by Crippen LogP contribution is 2.45. The second-order valence-electron chi connectivity index (χ2n) is 6.61. The van der Waals surface area contributed by atoms with Crippen molar-refractivity contribution in [1.82, 2.24) is 4.90 Å². The number of fused-ring (bicyclic) bond motifs is 1. The molecule has 0 aromatic heterocycles. The van der Waals surface area contributed by atoms with Gasteiger partial charge in [0.15, 0.2) is 0 Å². The van der Waals surface area contributed by atoms with Crippen LogP contribution in [0.1, 0.15) is 39.0 Å². The van der Waals surface area contributed by atoms with Crippen LogP contribution in [0.3, 0.4) is 0 Å². The number of rotatable bonds is 5. The zero-order chi connectivity index (χ0) is 17.9. The summed E-state index contributed by atoms with van der Waals surface area (Å²) in [4.78, 5) is 1.71. The Morgan fingerprint density at radius 2 is 2.04 bits per heavy atom. The van der Waals surface area contributed by atoms with E-state index in [9.17, 15) is 18.3 Å².